The van der Waals surface area contributed by atoms with Crippen molar-refractivity contribution in [1.29, 1.82) is 0 Å². The number of rotatable bonds is 3. The summed E-state index contributed by atoms with van der Waals surface area (Å²) >= 11 is 1.23. The molecule has 0 unspecified atom stereocenters. The number of aromatic nitrogens is 1. The van der Waals surface area contributed by atoms with Crippen LogP contribution in [0.15, 0.2) is 41.8 Å². The summed E-state index contributed by atoms with van der Waals surface area (Å²) in [5.74, 6) is -1.68. The fourth-order valence-corrected chi connectivity index (χ4v) is 3.12. The van der Waals surface area contributed by atoms with Crippen molar-refractivity contribution in [2.75, 3.05) is 10.6 Å². The molecule has 0 aliphatic heterocycles. The molecule has 128 valence electrons. The summed E-state index contributed by atoms with van der Waals surface area (Å²) in [6.45, 7) is 4.00. The Morgan fingerprint density at radius 2 is 1.80 bits per heavy atom. The highest BCUT2D eigenvalue weighted by Gasteiger charge is 2.14. The number of amides is 2. The second-order valence-electron chi connectivity index (χ2n) is 5.53. The van der Waals surface area contributed by atoms with Gasteiger partial charge in [0, 0.05) is 10.9 Å². The molecule has 0 saturated carbocycles. The van der Waals surface area contributed by atoms with Crippen molar-refractivity contribution in [1.82, 2.24) is 4.98 Å². The van der Waals surface area contributed by atoms with Gasteiger partial charge in [0.1, 0.15) is 17.3 Å². The minimum Gasteiger partial charge on any atom is -0.302 e. The van der Waals surface area contributed by atoms with E-state index in [-0.39, 0.29) is 0 Å². The van der Waals surface area contributed by atoms with Gasteiger partial charge >= 0.3 is 6.03 Å². The Labute approximate surface area is 147 Å². The molecule has 2 aromatic carbocycles. The molecule has 1 aromatic heterocycles. The molecule has 0 spiro atoms. The summed E-state index contributed by atoms with van der Waals surface area (Å²) < 4.78 is 27.1. The number of hydrogen-bond donors (Lipinski definition) is 2. The molecule has 0 saturated heterocycles. The third-order valence-corrected chi connectivity index (χ3v) is 4.34. The molecule has 2 N–H and O–H groups in total. The molecule has 0 aliphatic carbocycles. The molecule has 0 radical (unpaired) electrons. The Balaban J connectivity index is 1.74. The standard InChI is InChI=1S/C18H15F2N3OS/c1-10-6-7-12(11(2)8-10)15-9-25-18(21-15)23-17(24)22-16-13(19)4-3-5-14(16)20/h3-9H,1-2H3,(H2,21,22,23,24). The van der Waals surface area contributed by atoms with Crippen LogP contribution in [0, 0.1) is 25.5 Å². The Kier molecular flexibility index (Phi) is 4.76. The van der Waals surface area contributed by atoms with Gasteiger partial charge in [0.05, 0.1) is 5.69 Å². The van der Waals surface area contributed by atoms with E-state index in [0.717, 1.165) is 34.5 Å². The maximum absolute atomic E-state index is 13.6. The van der Waals surface area contributed by atoms with Gasteiger partial charge < -0.3 is 5.32 Å². The van der Waals surface area contributed by atoms with Gasteiger partial charge in [0.2, 0.25) is 0 Å². The monoisotopic (exact) mass is 359 g/mol. The Hall–Kier alpha value is -2.80. The van der Waals surface area contributed by atoms with Gasteiger partial charge in [-0.3, -0.25) is 5.32 Å². The van der Waals surface area contributed by atoms with Crippen LogP contribution in [0.4, 0.5) is 24.4 Å². The number of carbonyl (C=O) groups excluding carboxylic acids is 1. The maximum atomic E-state index is 13.6. The number of anilines is 2. The van der Waals surface area contributed by atoms with E-state index in [2.05, 4.69) is 21.7 Å². The molecule has 0 atom stereocenters. The first-order valence-electron chi connectivity index (χ1n) is 7.49. The summed E-state index contributed by atoms with van der Waals surface area (Å²) in [4.78, 5) is 16.3. The van der Waals surface area contributed by atoms with Crippen molar-refractivity contribution in [2.45, 2.75) is 13.8 Å². The average Bonchev–Trinajstić information content (AvgIpc) is 2.99. The van der Waals surface area contributed by atoms with E-state index in [9.17, 15) is 13.6 Å². The largest absolute Gasteiger partial charge is 0.325 e. The first-order chi connectivity index (χ1) is 11.9. The molecule has 7 heteroatoms. The average molecular weight is 359 g/mol. The van der Waals surface area contributed by atoms with Gasteiger partial charge in [-0.15, -0.1) is 11.3 Å². The van der Waals surface area contributed by atoms with Gasteiger partial charge in [-0.25, -0.2) is 18.6 Å². The molecule has 1 heterocycles. The van der Waals surface area contributed by atoms with E-state index < -0.39 is 23.4 Å². The van der Waals surface area contributed by atoms with Crippen LogP contribution in [-0.4, -0.2) is 11.0 Å². The molecular weight excluding hydrogens is 344 g/mol. The van der Waals surface area contributed by atoms with Crippen molar-refractivity contribution >= 4 is 28.2 Å². The van der Waals surface area contributed by atoms with Gasteiger partial charge in [-0.2, -0.15) is 0 Å². The summed E-state index contributed by atoms with van der Waals surface area (Å²) in [6.07, 6.45) is 0. The zero-order valence-corrected chi connectivity index (χ0v) is 14.4. The topological polar surface area (TPSA) is 54.0 Å². The first kappa shape index (κ1) is 17.0. The van der Waals surface area contributed by atoms with Crippen molar-refractivity contribution < 1.29 is 13.6 Å². The predicted octanol–water partition coefficient (Wildman–Crippen LogP) is 5.35. The Morgan fingerprint density at radius 1 is 1.08 bits per heavy atom. The molecule has 0 bridgehead atoms. The lowest BCUT2D eigenvalue weighted by Crippen LogP contribution is -2.20. The summed E-state index contributed by atoms with van der Waals surface area (Å²) in [5.41, 5.74) is 3.44. The number of benzene rings is 2. The van der Waals surface area contributed by atoms with Gasteiger partial charge in [0.15, 0.2) is 5.13 Å². The van der Waals surface area contributed by atoms with Gasteiger partial charge in [-0.05, 0) is 31.5 Å². The molecule has 0 fully saturated rings. The number of carbonyl (C=O) groups is 1. The lowest BCUT2D eigenvalue weighted by Gasteiger charge is -2.07. The minimum atomic E-state index is -0.842. The fraction of sp³-hybridized carbons (Fsp3) is 0.111. The highest BCUT2D eigenvalue weighted by molar-refractivity contribution is 7.14. The summed E-state index contributed by atoms with van der Waals surface area (Å²) in [7, 11) is 0. The lowest BCUT2D eigenvalue weighted by atomic mass is 10.0. The number of thiazole rings is 1. The zero-order chi connectivity index (χ0) is 18.0. The lowest BCUT2D eigenvalue weighted by molar-refractivity contribution is 0.262. The number of urea groups is 1. The number of para-hydroxylation sites is 1. The van der Waals surface area contributed by atoms with E-state index in [4.69, 9.17) is 0 Å². The Bertz CT molecular complexity index is 920. The smallest absolute Gasteiger partial charge is 0.302 e. The van der Waals surface area contributed by atoms with Gasteiger partial charge in [0.25, 0.3) is 0 Å². The third kappa shape index (κ3) is 3.83. The summed E-state index contributed by atoms with van der Waals surface area (Å²) in [6, 6.07) is 8.62. The van der Waals surface area contributed by atoms with Crippen molar-refractivity contribution in [2.24, 2.45) is 0 Å². The normalized spacial score (nSPS) is 10.6. The predicted molar refractivity (Wildman–Crippen MR) is 96.0 cm³/mol. The fourth-order valence-electron chi connectivity index (χ4n) is 2.41. The van der Waals surface area contributed by atoms with Crippen molar-refractivity contribution in [3.63, 3.8) is 0 Å². The van der Waals surface area contributed by atoms with Crippen molar-refractivity contribution in [3.05, 3.63) is 64.5 Å². The van der Waals surface area contributed by atoms with Crippen molar-refractivity contribution in [3.8, 4) is 11.3 Å². The minimum absolute atomic E-state index is 0.337. The maximum Gasteiger partial charge on any atom is 0.325 e. The second kappa shape index (κ2) is 6.98. The molecule has 0 aliphatic rings. The molecule has 3 aromatic rings. The molecule has 2 amide bonds. The number of hydrogen-bond acceptors (Lipinski definition) is 3. The number of aryl methyl sites for hydroxylation is 2. The van der Waals surface area contributed by atoms with E-state index in [0.29, 0.717) is 5.13 Å². The highest BCUT2D eigenvalue weighted by Crippen LogP contribution is 2.28. The van der Waals surface area contributed by atoms with Crippen LogP contribution in [0.1, 0.15) is 11.1 Å². The molecule has 3 rings (SSSR count). The SMILES string of the molecule is Cc1ccc(-c2csc(NC(=O)Nc3c(F)cccc3F)n2)c(C)c1. The number of nitrogens with zero attached hydrogens (tertiary/aromatic N) is 1. The second-order valence-corrected chi connectivity index (χ2v) is 6.39. The molecule has 25 heavy (non-hydrogen) atoms. The van der Waals surface area contributed by atoms with E-state index in [1.807, 2.05) is 31.4 Å². The van der Waals surface area contributed by atoms with Crippen LogP contribution in [0.25, 0.3) is 11.3 Å². The van der Waals surface area contributed by atoms with Crippen LogP contribution in [0.3, 0.4) is 0 Å². The van der Waals surface area contributed by atoms with Crippen LogP contribution < -0.4 is 10.6 Å². The van der Waals surface area contributed by atoms with Gasteiger partial charge in [-0.1, -0.05) is 29.8 Å². The number of halogens is 2. The first-order valence-corrected chi connectivity index (χ1v) is 8.37. The van der Waals surface area contributed by atoms with Crippen LogP contribution in [0.2, 0.25) is 0 Å². The van der Waals surface area contributed by atoms with E-state index in [1.165, 1.54) is 17.4 Å². The van der Waals surface area contributed by atoms with Crippen LogP contribution in [0.5, 0.6) is 0 Å². The highest BCUT2D eigenvalue weighted by atomic mass is 32.1. The third-order valence-electron chi connectivity index (χ3n) is 3.58. The van der Waals surface area contributed by atoms with E-state index in [1.54, 1.807) is 0 Å². The Morgan fingerprint density at radius 3 is 2.48 bits per heavy atom. The number of nitrogens with one attached hydrogen (secondary N) is 2. The summed E-state index contributed by atoms with van der Waals surface area (Å²) in [5, 5.41) is 6.81. The van der Waals surface area contributed by atoms with Crippen LogP contribution in [-0.2, 0) is 0 Å². The zero-order valence-electron chi connectivity index (χ0n) is 13.6. The molecular formula is C18H15F2N3OS. The van der Waals surface area contributed by atoms with Crippen LogP contribution >= 0.6 is 11.3 Å². The van der Waals surface area contributed by atoms with E-state index >= 15 is 0 Å². The quantitative estimate of drug-likeness (QED) is 0.662. The molecule has 4 nitrogen and oxygen atoms in total.